The van der Waals surface area contributed by atoms with Gasteiger partial charge in [-0.1, -0.05) is 20.8 Å². The van der Waals surface area contributed by atoms with Crippen molar-refractivity contribution in [1.82, 2.24) is 15.2 Å². The monoisotopic (exact) mass is 409 g/mol. The van der Waals surface area contributed by atoms with Gasteiger partial charge in [0.2, 0.25) is 5.95 Å². The number of methoxy groups -OCH3 is 2. The Kier molecular flexibility index (Phi) is 5.78. The summed E-state index contributed by atoms with van der Waals surface area (Å²) in [7, 11) is 3.12. The number of nitrogens with zero attached hydrogens (tertiary/aromatic N) is 3. The van der Waals surface area contributed by atoms with Crippen LogP contribution in [0.2, 0.25) is 0 Å². The Morgan fingerprint density at radius 1 is 1.24 bits per heavy atom. The predicted molar refractivity (Wildman–Crippen MR) is 99.8 cm³/mol. The fourth-order valence-electron chi connectivity index (χ4n) is 2.05. The lowest BCUT2D eigenvalue weighted by Gasteiger charge is -2.15. The minimum atomic E-state index is -0.382. The zero-order chi connectivity index (χ0) is 18.6. The molecule has 0 aliphatic heterocycles. The smallest absolute Gasteiger partial charge is 0.274 e. The highest BCUT2D eigenvalue weighted by Gasteiger charge is 2.20. The summed E-state index contributed by atoms with van der Waals surface area (Å²) in [6, 6.07) is 3.58. The Morgan fingerprint density at radius 2 is 1.96 bits per heavy atom. The maximum absolute atomic E-state index is 12.0. The number of hydrogen-bond donors (Lipinski definition) is 2. The summed E-state index contributed by atoms with van der Waals surface area (Å²) in [5.74, 6) is 1.33. The molecule has 1 aromatic heterocycles. The number of halogens is 1. The van der Waals surface area contributed by atoms with E-state index in [2.05, 4.69) is 41.6 Å². The average molecular weight is 410 g/mol. The van der Waals surface area contributed by atoms with E-state index in [0.29, 0.717) is 21.7 Å². The normalized spacial score (nSPS) is 11.6. The number of ether oxygens (including phenoxy) is 2. The van der Waals surface area contributed by atoms with Crippen molar-refractivity contribution in [1.29, 1.82) is 0 Å². The van der Waals surface area contributed by atoms with E-state index < -0.39 is 0 Å². The van der Waals surface area contributed by atoms with Gasteiger partial charge in [-0.15, -0.1) is 10.2 Å². The zero-order valence-electron chi connectivity index (χ0n) is 14.7. The van der Waals surface area contributed by atoms with Crippen molar-refractivity contribution >= 4 is 28.1 Å². The Morgan fingerprint density at radius 3 is 2.52 bits per heavy atom. The van der Waals surface area contributed by atoms with Crippen molar-refractivity contribution in [2.24, 2.45) is 5.10 Å². The summed E-state index contributed by atoms with van der Waals surface area (Å²) in [6.45, 7) is 5.68. The first kappa shape index (κ1) is 18.9. The van der Waals surface area contributed by atoms with Crippen LogP contribution in [0.4, 0.5) is 5.95 Å². The molecule has 8 nitrogen and oxygen atoms in total. The summed E-state index contributed by atoms with van der Waals surface area (Å²) in [4.78, 5) is 14.7. The molecule has 0 amide bonds. The third-order valence-corrected chi connectivity index (χ3v) is 4.11. The molecule has 2 N–H and O–H groups in total. The standard InChI is InChI=1S/C16H20BrN5O3/c1-16(2,3)13-14(23)19-15(22-20-13)21-18-8-9-6-7-10(24-4)12(25-5)11(9)17/h6-8H,1-5H3,(H2,19,21,22,23)/b18-8+. The zero-order valence-corrected chi connectivity index (χ0v) is 16.3. The van der Waals surface area contributed by atoms with E-state index >= 15 is 0 Å². The van der Waals surface area contributed by atoms with Crippen molar-refractivity contribution in [3.05, 3.63) is 38.2 Å². The fraction of sp³-hybridized carbons (Fsp3) is 0.375. The molecule has 1 aromatic carbocycles. The molecule has 0 radical (unpaired) electrons. The molecule has 0 fully saturated rings. The van der Waals surface area contributed by atoms with Gasteiger partial charge in [0.15, 0.2) is 11.5 Å². The second-order valence-corrected chi connectivity index (χ2v) is 6.97. The highest BCUT2D eigenvalue weighted by molar-refractivity contribution is 9.10. The topological polar surface area (TPSA) is 101 Å². The number of benzene rings is 1. The maximum Gasteiger partial charge on any atom is 0.274 e. The SMILES string of the molecule is COc1ccc(/C=N/Nc2nnc(C(C)(C)C)c(=O)[nH]2)c(Br)c1OC. The summed E-state index contributed by atoms with van der Waals surface area (Å²) in [5.41, 5.74) is 3.09. The minimum absolute atomic E-state index is 0.158. The van der Waals surface area contributed by atoms with Gasteiger partial charge in [-0.2, -0.15) is 5.10 Å². The van der Waals surface area contributed by atoms with Crippen molar-refractivity contribution in [3.8, 4) is 11.5 Å². The Labute approximate surface area is 153 Å². The number of hydrazone groups is 1. The lowest BCUT2D eigenvalue weighted by atomic mass is 9.93. The van der Waals surface area contributed by atoms with Crippen LogP contribution in [0.3, 0.4) is 0 Å². The average Bonchev–Trinajstić information content (AvgIpc) is 2.55. The van der Waals surface area contributed by atoms with E-state index in [4.69, 9.17) is 9.47 Å². The number of H-pyrrole nitrogens is 1. The second kappa shape index (κ2) is 7.64. The molecule has 1 heterocycles. The van der Waals surface area contributed by atoms with Gasteiger partial charge in [0.1, 0.15) is 5.69 Å². The van der Waals surface area contributed by atoms with Crippen LogP contribution in [0.25, 0.3) is 0 Å². The first-order chi connectivity index (χ1) is 11.8. The molecular weight excluding hydrogens is 390 g/mol. The van der Waals surface area contributed by atoms with Crippen LogP contribution < -0.4 is 20.5 Å². The lowest BCUT2D eigenvalue weighted by Crippen LogP contribution is -2.28. The molecule has 134 valence electrons. The molecule has 0 spiro atoms. The Hall–Kier alpha value is -2.42. The molecule has 9 heteroatoms. The maximum atomic E-state index is 12.0. The van der Waals surface area contributed by atoms with Crippen LogP contribution in [0.15, 0.2) is 26.5 Å². The van der Waals surface area contributed by atoms with E-state index in [1.165, 1.54) is 0 Å². The molecule has 25 heavy (non-hydrogen) atoms. The minimum Gasteiger partial charge on any atom is -0.493 e. The van der Waals surface area contributed by atoms with Crippen LogP contribution in [0.1, 0.15) is 32.0 Å². The number of aromatic nitrogens is 3. The van der Waals surface area contributed by atoms with Crippen molar-refractivity contribution < 1.29 is 9.47 Å². The van der Waals surface area contributed by atoms with Crippen LogP contribution in [0, 0.1) is 0 Å². The van der Waals surface area contributed by atoms with E-state index in [0.717, 1.165) is 5.56 Å². The molecule has 0 aliphatic rings. The summed E-state index contributed by atoms with van der Waals surface area (Å²) in [5, 5.41) is 12.0. The molecule has 0 unspecified atom stereocenters. The van der Waals surface area contributed by atoms with Crippen LogP contribution in [-0.2, 0) is 5.41 Å². The van der Waals surface area contributed by atoms with Crippen LogP contribution in [0.5, 0.6) is 11.5 Å². The van der Waals surface area contributed by atoms with Crippen molar-refractivity contribution in [2.75, 3.05) is 19.6 Å². The molecule has 2 rings (SSSR count). The summed E-state index contributed by atoms with van der Waals surface area (Å²) in [6.07, 6.45) is 1.56. The number of anilines is 1. The lowest BCUT2D eigenvalue weighted by molar-refractivity contribution is 0.353. The highest BCUT2D eigenvalue weighted by atomic mass is 79.9. The third-order valence-electron chi connectivity index (χ3n) is 3.30. The number of rotatable bonds is 5. The van der Waals surface area contributed by atoms with Gasteiger partial charge in [0.05, 0.1) is 24.9 Å². The van der Waals surface area contributed by atoms with Gasteiger partial charge in [0, 0.05) is 11.0 Å². The van der Waals surface area contributed by atoms with E-state index in [1.807, 2.05) is 26.8 Å². The molecule has 0 atom stereocenters. The van der Waals surface area contributed by atoms with E-state index in [9.17, 15) is 4.79 Å². The molecule has 0 bridgehead atoms. The van der Waals surface area contributed by atoms with Crippen molar-refractivity contribution in [2.45, 2.75) is 26.2 Å². The number of nitrogens with one attached hydrogen (secondary N) is 2. The Balaban J connectivity index is 2.19. The summed E-state index contributed by atoms with van der Waals surface area (Å²) >= 11 is 3.45. The first-order valence-electron chi connectivity index (χ1n) is 7.45. The number of aromatic amines is 1. The van der Waals surface area contributed by atoms with E-state index in [1.54, 1.807) is 26.5 Å². The largest absolute Gasteiger partial charge is 0.493 e. The molecular formula is C16H20BrN5O3. The molecule has 2 aromatic rings. The summed E-state index contributed by atoms with van der Waals surface area (Å²) < 4.78 is 11.2. The Bertz CT molecular complexity index is 843. The number of hydrogen-bond acceptors (Lipinski definition) is 7. The fourth-order valence-corrected chi connectivity index (χ4v) is 2.64. The van der Waals surface area contributed by atoms with Gasteiger partial charge in [-0.25, -0.2) is 5.43 Å². The highest BCUT2D eigenvalue weighted by Crippen LogP contribution is 2.36. The third kappa shape index (κ3) is 4.36. The van der Waals surface area contributed by atoms with E-state index in [-0.39, 0.29) is 16.9 Å². The van der Waals surface area contributed by atoms with Gasteiger partial charge < -0.3 is 9.47 Å². The van der Waals surface area contributed by atoms with Gasteiger partial charge in [-0.05, 0) is 28.1 Å². The second-order valence-electron chi connectivity index (χ2n) is 6.18. The van der Waals surface area contributed by atoms with Crippen LogP contribution in [-0.4, -0.2) is 35.6 Å². The van der Waals surface area contributed by atoms with Gasteiger partial charge in [0.25, 0.3) is 5.56 Å². The predicted octanol–water partition coefficient (Wildman–Crippen LogP) is 2.69. The quantitative estimate of drug-likeness (QED) is 0.581. The van der Waals surface area contributed by atoms with Gasteiger partial charge >= 0.3 is 0 Å². The molecule has 0 aliphatic carbocycles. The van der Waals surface area contributed by atoms with Gasteiger partial charge in [-0.3, -0.25) is 9.78 Å². The first-order valence-corrected chi connectivity index (χ1v) is 8.24. The van der Waals surface area contributed by atoms with Crippen molar-refractivity contribution in [3.63, 3.8) is 0 Å². The van der Waals surface area contributed by atoms with Crippen LogP contribution >= 0.6 is 15.9 Å². The molecule has 0 saturated heterocycles. The molecule has 0 saturated carbocycles.